The molecule has 0 aromatic heterocycles. The standard InChI is InChI=1S/C27H31NO5/c1-16-7-9-17(10-8-16)28-20-14-27(2,3)15-21(29)24(20)19(13-23(28)30)18-11-12-22(31-4)26(33-6)25(18)32-5/h7-12,19H,13-15H2,1-6H3/t19-/m1/s1. The zero-order valence-electron chi connectivity index (χ0n) is 20.2. The minimum absolute atomic E-state index is 0.0371. The maximum atomic E-state index is 13.6. The van der Waals surface area contributed by atoms with E-state index in [2.05, 4.69) is 13.8 Å². The second-order valence-electron chi connectivity index (χ2n) is 9.55. The average molecular weight is 450 g/mol. The fourth-order valence-corrected chi connectivity index (χ4v) is 5.07. The maximum absolute atomic E-state index is 13.6. The van der Waals surface area contributed by atoms with Gasteiger partial charge in [0.15, 0.2) is 17.3 Å². The number of anilines is 1. The molecule has 2 aliphatic rings. The van der Waals surface area contributed by atoms with E-state index in [0.717, 1.165) is 22.5 Å². The van der Waals surface area contributed by atoms with Crippen molar-refractivity contribution in [3.05, 3.63) is 58.8 Å². The van der Waals surface area contributed by atoms with Crippen LogP contribution in [0.4, 0.5) is 5.69 Å². The van der Waals surface area contributed by atoms with E-state index in [1.54, 1.807) is 32.3 Å². The number of Topliss-reactive ketones (excluding diaryl/α,β-unsaturated/α-hetero) is 1. The van der Waals surface area contributed by atoms with Gasteiger partial charge in [0.25, 0.3) is 0 Å². The van der Waals surface area contributed by atoms with Crippen LogP contribution in [-0.2, 0) is 9.59 Å². The summed E-state index contributed by atoms with van der Waals surface area (Å²) in [5.41, 5.74) is 3.92. The summed E-state index contributed by atoms with van der Waals surface area (Å²) in [6, 6.07) is 11.5. The predicted molar refractivity (Wildman–Crippen MR) is 127 cm³/mol. The molecule has 0 N–H and O–H groups in total. The Hall–Kier alpha value is -3.28. The van der Waals surface area contributed by atoms with E-state index in [1.807, 2.05) is 37.3 Å². The zero-order chi connectivity index (χ0) is 23.9. The lowest BCUT2D eigenvalue weighted by molar-refractivity contribution is -0.121. The molecule has 174 valence electrons. The summed E-state index contributed by atoms with van der Waals surface area (Å²) in [7, 11) is 4.67. The van der Waals surface area contributed by atoms with E-state index < -0.39 is 5.92 Å². The molecule has 33 heavy (non-hydrogen) atoms. The first-order valence-electron chi connectivity index (χ1n) is 11.2. The average Bonchev–Trinajstić information content (AvgIpc) is 2.77. The highest BCUT2D eigenvalue weighted by molar-refractivity contribution is 6.08. The highest BCUT2D eigenvalue weighted by atomic mass is 16.5. The Labute approximate surface area is 195 Å². The molecular weight excluding hydrogens is 418 g/mol. The molecule has 1 atom stereocenters. The van der Waals surface area contributed by atoms with Crippen molar-refractivity contribution in [3.63, 3.8) is 0 Å². The van der Waals surface area contributed by atoms with Crippen molar-refractivity contribution in [2.24, 2.45) is 5.41 Å². The first kappa shape index (κ1) is 22.9. The van der Waals surface area contributed by atoms with E-state index >= 15 is 0 Å². The van der Waals surface area contributed by atoms with Gasteiger partial charge < -0.3 is 14.2 Å². The van der Waals surface area contributed by atoms with Crippen molar-refractivity contribution in [2.75, 3.05) is 26.2 Å². The molecule has 1 aliphatic carbocycles. The zero-order valence-corrected chi connectivity index (χ0v) is 20.2. The summed E-state index contributed by atoms with van der Waals surface area (Å²) in [4.78, 5) is 28.9. The molecule has 1 aliphatic heterocycles. The van der Waals surface area contributed by atoms with Gasteiger partial charge in [-0.2, -0.15) is 0 Å². The second kappa shape index (κ2) is 8.58. The first-order chi connectivity index (χ1) is 15.7. The molecule has 0 spiro atoms. The Balaban J connectivity index is 1.94. The van der Waals surface area contributed by atoms with Gasteiger partial charge in [-0.15, -0.1) is 0 Å². The van der Waals surface area contributed by atoms with Gasteiger partial charge >= 0.3 is 0 Å². The van der Waals surface area contributed by atoms with Crippen LogP contribution in [0.15, 0.2) is 47.7 Å². The molecule has 6 heteroatoms. The summed E-state index contributed by atoms with van der Waals surface area (Å²) in [6.45, 7) is 6.17. The maximum Gasteiger partial charge on any atom is 0.232 e. The summed E-state index contributed by atoms with van der Waals surface area (Å²) in [6.07, 6.45) is 1.25. The van der Waals surface area contributed by atoms with Crippen LogP contribution in [0.1, 0.15) is 50.2 Å². The molecule has 6 nitrogen and oxygen atoms in total. The van der Waals surface area contributed by atoms with Crippen LogP contribution in [0.25, 0.3) is 0 Å². The van der Waals surface area contributed by atoms with E-state index in [1.165, 1.54) is 0 Å². The molecule has 2 aromatic carbocycles. The third-order valence-corrected chi connectivity index (χ3v) is 6.55. The number of ketones is 1. The van der Waals surface area contributed by atoms with Crippen LogP contribution in [0.3, 0.4) is 0 Å². The van der Waals surface area contributed by atoms with Crippen LogP contribution in [0.5, 0.6) is 17.2 Å². The molecule has 0 radical (unpaired) electrons. The number of methoxy groups -OCH3 is 3. The summed E-state index contributed by atoms with van der Waals surface area (Å²) < 4.78 is 16.7. The number of ether oxygens (including phenoxy) is 3. The molecule has 0 saturated carbocycles. The number of rotatable bonds is 5. The van der Waals surface area contributed by atoms with Crippen LogP contribution >= 0.6 is 0 Å². The predicted octanol–water partition coefficient (Wildman–Crippen LogP) is 5.18. The number of aryl methyl sites for hydroxylation is 1. The highest BCUT2D eigenvalue weighted by Crippen LogP contribution is 2.52. The van der Waals surface area contributed by atoms with Gasteiger partial charge in [-0.3, -0.25) is 14.5 Å². The minimum Gasteiger partial charge on any atom is -0.493 e. The Kier molecular flexibility index (Phi) is 5.95. The molecule has 0 unspecified atom stereocenters. The summed E-state index contributed by atoms with van der Waals surface area (Å²) >= 11 is 0. The smallest absolute Gasteiger partial charge is 0.232 e. The van der Waals surface area contributed by atoms with Crippen molar-refractivity contribution >= 4 is 17.4 Å². The van der Waals surface area contributed by atoms with E-state index in [-0.39, 0.29) is 23.5 Å². The quantitative estimate of drug-likeness (QED) is 0.629. The number of benzene rings is 2. The lowest BCUT2D eigenvalue weighted by atomic mass is 9.69. The number of hydrogen-bond donors (Lipinski definition) is 0. The highest BCUT2D eigenvalue weighted by Gasteiger charge is 2.45. The third kappa shape index (κ3) is 3.99. The summed E-state index contributed by atoms with van der Waals surface area (Å²) in [5, 5.41) is 0. The molecule has 0 saturated heterocycles. The molecule has 0 fully saturated rings. The van der Waals surface area contributed by atoms with Gasteiger partial charge in [0.05, 0.1) is 21.3 Å². The topological polar surface area (TPSA) is 65.1 Å². The van der Waals surface area contributed by atoms with Gasteiger partial charge in [0.1, 0.15) is 0 Å². The van der Waals surface area contributed by atoms with Crippen molar-refractivity contribution in [1.29, 1.82) is 0 Å². The number of carbonyl (C=O) groups excluding carboxylic acids is 2. The van der Waals surface area contributed by atoms with Crippen LogP contribution in [0.2, 0.25) is 0 Å². The van der Waals surface area contributed by atoms with Gasteiger partial charge in [-0.05, 0) is 37.0 Å². The molecule has 0 bridgehead atoms. The van der Waals surface area contributed by atoms with Crippen LogP contribution in [0, 0.1) is 12.3 Å². The Bertz CT molecular complexity index is 1130. The van der Waals surface area contributed by atoms with Crippen molar-refractivity contribution in [1.82, 2.24) is 0 Å². The number of nitrogens with zero attached hydrogens (tertiary/aromatic N) is 1. The molecule has 4 rings (SSSR count). The second-order valence-corrected chi connectivity index (χ2v) is 9.55. The molecular formula is C27H31NO5. The molecule has 2 aromatic rings. The Morgan fingerprint density at radius 2 is 1.55 bits per heavy atom. The molecule has 1 heterocycles. The van der Waals surface area contributed by atoms with E-state index in [9.17, 15) is 9.59 Å². The van der Waals surface area contributed by atoms with E-state index in [0.29, 0.717) is 35.7 Å². The third-order valence-electron chi connectivity index (χ3n) is 6.55. The fraction of sp³-hybridized carbons (Fsp3) is 0.407. The SMILES string of the molecule is COc1ccc([C@H]2CC(=O)N(c3ccc(C)cc3)C3=C2C(=O)CC(C)(C)C3)c(OC)c1OC. The van der Waals surface area contributed by atoms with Crippen molar-refractivity contribution < 1.29 is 23.8 Å². The monoisotopic (exact) mass is 449 g/mol. The molecule has 1 amide bonds. The Morgan fingerprint density at radius 3 is 2.15 bits per heavy atom. The van der Waals surface area contributed by atoms with Crippen LogP contribution in [-0.4, -0.2) is 33.0 Å². The van der Waals surface area contributed by atoms with E-state index in [4.69, 9.17) is 14.2 Å². The van der Waals surface area contributed by atoms with Crippen LogP contribution < -0.4 is 19.1 Å². The Morgan fingerprint density at radius 1 is 0.879 bits per heavy atom. The normalized spacial score (nSPS) is 19.9. The van der Waals surface area contributed by atoms with Crippen molar-refractivity contribution in [3.8, 4) is 17.2 Å². The van der Waals surface area contributed by atoms with Gasteiger partial charge in [0, 0.05) is 41.3 Å². The lowest BCUT2D eigenvalue weighted by Gasteiger charge is -2.43. The number of amides is 1. The minimum atomic E-state index is -0.410. The van der Waals surface area contributed by atoms with Gasteiger partial charge in [-0.1, -0.05) is 37.6 Å². The van der Waals surface area contributed by atoms with Gasteiger partial charge in [-0.25, -0.2) is 0 Å². The summed E-state index contributed by atoms with van der Waals surface area (Å²) in [5.74, 6) is 1.11. The lowest BCUT2D eigenvalue weighted by Crippen LogP contribution is -2.43. The number of hydrogen-bond acceptors (Lipinski definition) is 5. The van der Waals surface area contributed by atoms with Crippen molar-refractivity contribution in [2.45, 2.75) is 46.0 Å². The van der Waals surface area contributed by atoms with Gasteiger partial charge in [0.2, 0.25) is 11.7 Å². The first-order valence-corrected chi connectivity index (χ1v) is 11.2. The number of allylic oxidation sites excluding steroid dienone is 2. The largest absolute Gasteiger partial charge is 0.493 e. The fourth-order valence-electron chi connectivity index (χ4n) is 5.07. The number of carbonyl (C=O) groups is 2.